The Bertz CT molecular complexity index is 900. The molecule has 0 unspecified atom stereocenters. The molecule has 0 fully saturated rings. The summed E-state index contributed by atoms with van der Waals surface area (Å²) in [6.07, 6.45) is 1.14. The number of sulfonamides is 1. The molecule has 1 amide bonds. The summed E-state index contributed by atoms with van der Waals surface area (Å²) < 4.78 is 31.8. The summed E-state index contributed by atoms with van der Waals surface area (Å²) in [6.45, 7) is 1.97. The maximum Gasteiger partial charge on any atom is 0.269 e. The van der Waals surface area contributed by atoms with Gasteiger partial charge >= 0.3 is 0 Å². The predicted molar refractivity (Wildman–Crippen MR) is 103 cm³/mol. The lowest BCUT2D eigenvalue weighted by Crippen LogP contribution is -2.48. The van der Waals surface area contributed by atoms with Crippen LogP contribution in [-0.4, -0.2) is 49.2 Å². The van der Waals surface area contributed by atoms with Crippen molar-refractivity contribution in [1.29, 1.82) is 0 Å². The molecule has 0 saturated heterocycles. The van der Waals surface area contributed by atoms with Gasteiger partial charge in [0.15, 0.2) is 10.4 Å². The van der Waals surface area contributed by atoms with Crippen molar-refractivity contribution in [2.24, 2.45) is 0 Å². The molecule has 2 aromatic rings. The molecule has 1 atom stereocenters. The first-order valence-electron chi connectivity index (χ1n) is 7.89. The first kappa shape index (κ1) is 18.9. The van der Waals surface area contributed by atoms with Crippen LogP contribution in [0.15, 0.2) is 28.6 Å². The number of anilines is 2. The molecule has 0 radical (unpaired) electrons. The van der Waals surface area contributed by atoms with Gasteiger partial charge in [0.1, 0.15) is 5.75 Å². The minimum absolute atomic E-state index is 0.0993. The third-order valence-corrected chi connectivity index (χ3v) is 6.82. The zero-order valence-electron chi connectivity index (χ0n) is 14.2. The van der Waals surface area contributed by atoms with Gasteiger partial charge < -0.3 is 4.74 Å². The topological polar surface area (TPSA) is 101 Å². The highest BCUT2D eigenvalue weighted by molar-refractivity contribution is 8.01. The fraction of sp³-hybridized carbons (Fsp3) is 0.400. The Kier molecular flexibility index (Phi) is 5.68. The van der Waals surface area contributed by atoms with Gasteiger partial charge in [0.05, 0.1) is 18.5 Å². The number of carbonyl (C=O) groups is 1. The van der Waals surface area contributed by atoms with Gasteiger partial charge in [-0.15, -0.1) is 10.2 Å². The normalized spacial score (nSPS) is 16.7. The van der Waals surface area contributed by atoms with E-state index in [-0.39, 0.29) is 6.54 Å². The summed E-state index contributed by atoms with van der Waals surface area (Å²) in [5, 5.41) is 11.0. The van der Waals surface area contributed by atoms with Gasteiger partial charge in [0, 0.05) is 5.75 Å². The van der Waals surface area contributed by atoms with Gasteiger partial charge in [-0.05, 0) is 18.6 Å². The molecule has 0 aliphatic carbocycles. The molecule has 0 saturated carbocycles. The number of benzene rings is 1. The van der Waals surface area contributed by atoms with Crippen LogP contribution in [-0.2, 0) is 14.8 Å². The Hall–Kier alpha value is -1.85. The van der Waals surface area contributed by atoms with Gasteiger partial charge in [0.25, 0.3) is 5.91 Å². The number of aromatic nitrogens is 2. The Morgan fingerprint density at radius 1 is 1.42 bits per heavy atom. The first-order chi connectivity index (χ1) is 12.4. The average molecular weight is 415 g/mol. The van der Waals surface area contributed by atoms with Crippen LogP contribution in [0.4, 0.5) is 10.8 Å². The van der Waals surface area contributed by atoms with Crippen molar-refractivity contribution in [2.45, 2.75) is 23.8 Å². The fourth-order valence-corrected chi connectivity index (χ4v) is 4.94. The highest BCUT2D eigenvalue weighted by Crippen LogP contribution is 2.35. The second-order valence-corrected chi connectivity index (χ2v) is 9.81. The van der Waals surface area contributed by atoms with E-state index >= 15 is 0 Å². The van der Waals surface area contributed by atoms with Gasteiger partial charge in [-0.1, -0.05) is 42.2 Å². The lowest BCUT2D eigenvalue weighted by molar-refractivity contribution is -0.122. The summed E-state index contributed by atoms with van der Waals surface area (Å²) in [4.78, 5) is 12.5. The lowest BCUT2D eigenvalue weighted by atomic mass is 10.2. The molecule has 0 spiro atoms. The van der Waals surface area contributed by atoms with E-state index in [0.717, 1.165) is 22.8 Å². The Morgan fingerprint density at radius 2 is 2.19 bits per heavy atom. The number of hydrogen-bond donors (Lipinski definition) is 1. The molecular weight excluding hydrogens is 396 g/mol. The second kappa shape index (κ2) is 7.80. The summed E-state index contributed by atoms with van der Waals surface area (Å²) in [7, 11) is -3.54. The minimum Gasteiger partial charge on any atom is -0.476 e. The lowest BCUT2D eigenvalue weighted by Gasteiger charge is -2.33. The van der Waals surface area contributed by atoms with Crippen LogP contribution in [0.2, 0.25) is 0 Å². The van der Waals surface area contributed by atoms with E-state index in [1.54, 1.807) is 36.0 Å². The Balaban J connectivity index is 1.75. The monoisotopic (exact) mass is 414 g/mol. The van der Waals surface area contributed by atoms with Crippen molar-refractivity contribution in [3.63, 3.8) is 0 Å². The van der Waals surface area contributed by atoms with Crippen LogP contribution in [0.1, 0.15) is 13.3 Å². The number of hydrogen-bond acceptors (Lipinski definition) is 8. The number of nitrogens with zero attached hydrogens (tertiary/aromatic N) is 3. The van der Waals surface area contributed by atoms with Crippen LogP contribution >= 0.6 is 23.1 Å². The molecule has 2 heterocycles. The van der Waals surface area contributed by atoms with Crippen LogP contribution in [0.25, 0.3) is 0 Å². The maximum atomic E-state index is 12.5. The number of fused-ring (bicyclic) bond motifs is 1. The van der Waals surface area contributed by atoms with E-state index in [9.17, 15) is 13.2 Å². The van der Waals surface area contributed by atoms with E-state index in [0.29, 0.717) is 16.6 Å². The second-order valence-electron chi connectivity index (χ2n) is 5.58. The van der Waals surface area contributed by atoms with Gasteiger partial charge in [-0.3, -0.25) is 14.4 Å². The van der Waals surface area contributed by atoms with E-state index in [1.807, 2.05) is 0 Å². The van der Waals surface area contributed by atoms with E-state index < -0.39 is 22.0 Å². The predicted octanol–water partition coefficient (Wildman–Crippen LogP) is 2.21. The van der Waals surface area contributed by atoms with Crippen LogP contribution in [0.5, 0.6) is 5.75 Å². The number of ether oxygens (including phenoxy) is 1. The van der Waals surface area contributed by atoms with Crippen molar-refractivity contribution in [3.05, 3.63) is 24.3 Å². The molecule has 3 rings (SSSR count). The van der Waals surface area contributed by atoms with Crippen molar-refractivity contribution in [2.75, 3.05) is 28.2 Å². The highest BCUT2D eigenvalue weighted by Gasteiger charge is 2.35. The number of para-hydroxylation sites is 2. The standard InChI is InChI=1S/C15H18N4O4S3/c1-3-8-24-15-18-17-14(25-15)16-13(20)12-9-19(26(2,21)22)10-6-4-5-7-11(10)23-12/h4-7,12H,3,8-9H2,1-2H3,(H,16,17,20)/t12-/m1/s1. The quantitative estimate of drug-likeness (QED) is 0.571. The molecule has 1 aliphatic rings. The van der Waals surface area contributed by atoms with E-state index in [4.69, 9.17) is 4.74 Å². The van der Waals surface area contributed by atoms with Gasteiger partial charge in [-0.25, -0.2) is 8.42 Å². The number of rotatable bonds is 6. The molecule has 26 heavy (non-hydrogen) atoms. The smallest absolute Gasteiger partial charge is 0.269 e. The largest absolute Gasteiger partial charge is 0.476 e. The number of nitrogens with one attached hydrogen (secondary N) is 1. The number of carbonyl (C=O) groups excluding carboxylic acids is 1. The molecule has 8 nitrogen and oxygen atoms in total. The number of thioether (sulfide) groups is 1. The van der Waals surface area contributed by atoms with Crippen molar-refractivity contribution >= 4 is 49.8 Å². The van der Waals surface area contributed by atoms with Crippen LogP contribution in [0.3, 0.4) is 0 Å². The summed E-state index contributed by atoms with van der Waals surface area (Å²) in [5.41, 5.74) is 0.424. The molecule has 11 heteroatoms. The third kappa shape index (κ3) is 4.27. The SMILES string of the molecule is CCCSc1nnc(NC(=O)[C@H]2CN(S(C)(=O)=O)c3ccccc3O2)s1. The molecule has 140 valence electrons. The maximum absolute atomic E-state index is 12.5. The number of amides is 1. The average Bonchev–Trinajstić information content (AvgIpc) is 3.05. The summed E-state index contributed by atoms with van der Waals surface area (Å²) >= 11 is 2.85. The zero-order chi connectivity index (χ0) is 18.7. The molecule has 1 aromatic heterocycles. The Morgan fingerprint density at radius 3 is 2.92 bits per heavy atom. The van der Waals surface area contributed by atoms with E-state index in [2.05, 4.69) is 22.4 Å². The molecular formula is C15H18N4O4S3. The van der Waals surface area contributed by atoms with E-state index in [1.165, 1.54) is 15.6 Å². The Labute approximate surface area is 160 Å². The van der Waals surface area contributed by atoms with Crippen LogP contribution in [0, 0.1) is 0 Å². The third-order valence-electron chi connectivity index (χ3n) is 3.49. The van der Waals surface area contributed by atoms with Crippen LogP contribution < -0.4 is 14.4 Å². The van der Waals surface area contributed by atoms with Crippen molar-refractivity contribution in [1.82, 2.24) is 10.2 Å². The summed E-state index contributed by atoms with van der Waals surface area (Å²) in [6, 6.07) is 6.73. The van der Waals surface area contributed by atoms with Gasteiger partial charge in [0.2, 0.25) is 15.2 Å². The van der Waals surface area contributed by atoms with Crippen molar-refractivity contribution in [3.8, 4) is 5.75 Å². The molecule has 1 aromatic carbocycles. The zero-order valence-corrected chi connectivity index (χ0v) is 16.7. The first-order valence-corrected chi connectivity index (χ1v) is 11.5. The highest BCUT2D eigenvalue weighted by atomic mass is 32.2. The van der Waals surface area contributed by atoms with Crippen molar-refractivity contribution < 1.29 is 17.9 Å². The molecule has 0 bridgehead atoms. The van der Waals surface area contributed by atoms with Gasteiger partial charge in [-0.2, -0.15) is 0 Å². The summed E-state index contributed by atoms with van der Waals surface area (Å²) in [5.74, 6) is 0.811. The minimum atomic E-state index is -3.54. The molecule has 1 N–H and O–H groups in total. The molecule has 1 aliphatic heterocycles. The fourth-order valence-electron chi connectivity index (χ4n) is 2.35.